The van der Waals surface area contributed by atoms with Gasteiger partial charge in [-0.25, -0.2) is 0 Å². The maximum absolute atomic E-state index is 12.0. The highest BCUT2D eigenvalue weighted by atomic mass is 16.1. The summed E-state index contributed by atoms with van der Waals surface area (Å²) < 4.78 is 0. The van der Waals surface area contributed by atoms with Gasteiger partial charge in [-0.15, -0.1) is 0 Å². The first-order valence-corrected chi connectivity index (χ1v) is 7.46. The molecule has 1 heterocycles. The van der Waals surface area contributed by atoms with E-state index in [1.165, 1.54) is 25.7 Å². The van der Waals surface area contributed by atoms with E-state index in [1.807, 2.05) is 6.92 Å². The van der Waals surface area contributed by atoms with Crippen molar-refractivity contribution < 1.29 is 4.79 Å². The third kappa shape index (κ3) is 4.25. The maximum Gasteiger partial charge on any atom is 0.224 e. The van der Waals surface area contributed by atoms with E-state index in [4.69, 9.17) is 0 Å². The molecule has 0 spiro atoms. The molecule has 4 nitrogen and oxygen atoms in total. The van der Waals surface area contributed by atoms with Crippen LogP contribution in [0.3, 0.4) is 0 Å². The number of hydrogen-bond donors (Lipinski definition) is 2. The highest BCUT2D eigenvalue weighted by Crippen LogP contribution is 2.23. The van der Waals surface area contributed by atoms with Crippen LogP contribution in [-0.4, -0.2) is 50.1 Å². The fourth-order valence-electron chi connectivity index (χ4n) is 3.00. The number of carbonyl (C=O) groups excluding carboxylic acids is 1. The van der Waals surface area contributed by atoms with Crippen molar-refractivity contribution in [3.05, 3.63) is 0 Å². The molecule has 1 atom stereocenters. The van der Waals surface area contributed by atoms with Crippen molar-refractivity contribution in [3.63, 3.8) is 0 Å². The molecule has 1 aliphatic carbocycles. The van der Waals surface area contributed by atoms with Crippen LogP contribution in [0.15, 0.2) is 0 Å². The molecule has 1 saturated carbocycles. The van der Waals surface area contributed by atoms with E-state index >= 15 is 0 Å². The zero-order valence-corrected chi connectivity index (χ0v) is 11.6. The van der Waals surface area contributed by atoms with E-state index in [-0.39, 0.29) is 11.8 Å². The quantitative estimate of drug-likeness (QED) is 0.763. The van der Waals surface area contributed by atoms with Gasteiger partial charge >= 0.3 is 0 Å². The molecule has 1 unspecified atom stereocenters. The Kier molecular flexibility index (Phi) is 5.45. The van der Waals surface area contributed by atoms with E-state index < -0.39 is 0 Å². The molecule has 0 aromatic heterocycles. The predicted octanol–water partition coefficient (Wildman–Crippen LogP) is 0.834. The van der Waals surface area contributed by atoms with E-state index in [9.17, 15) is 4.79 Å². The minimum absolute atomic E-state index is 0.115. The molecule has 18 heavy (non-hydrogen) atoms. The first-order chi connectivity index (χ1) is 8.75. The van der Waals surface area contributed by atoms with Crippen LogP contribution < -0.4 is 10.6 Å². The summed E-state index contributed by atoms with van der Waals surface area (Å²) in [6.07, 6.45) is 5.28. The van der Waals surface area contributed by atoms with E-state index in [2.05, 4.69) is 15.5 Å². The van der Waals surface area contributed by atoms with Crippen molar-refractivity contribution >= 4 is 5.91 Å². The molecule has 4 heteroatoms. The Morgan fingerprint density at radius 2 is 2.00 bits per heavy atom. The number of carbonyl (C=O) groups is 1. The largest absolute Gasteiger partial charge is 0.356 e. The van der Waals surface area contributed by atoms with Crippen LogP contribution in [0, 0.1) is 11.8 Å². The molecular formula is C14H27N3O. The van der Waals surface area contributed by atoms with Gasteiger partial charge in [0.1, 0.15) is 0 Å². The third-order valence-electron chi connectivity index (χ3n) is 4.23. The van der Waals surface area contributed by atoms with Crippen LogP contribution in [-0.2, 0) is 4.79 Å². The smallest absolute Gasteiger partial charge is 0.224 e. The highest BCUT2D eigenvalue weighted by Gasteiger charge is 2.20. The second-order valence-corrected chi connectivity index (χ2v) is 5.85. The minimum atomic E-state index is 0.115. The molecule has 0 aromatic rings. The van der Waals surface area contributed by atoms with Gasteiger partial charge in [0.05, 0.1) is 0 Å². The fourth-order valence-corrected chi connectivity index (χ4v) is 3.00. The van der Waals surface area contributed by atoms with Gasteiger partial charge in [0.2, 0.25) is 5.91 Å². The molecule has 1 amide bonds. The average molecular weight is 253 g/mol. The Morgan fingerprint density at radius 3 is 2.67 bits per heavy atom. The Morgan fingerprint density at radius 1 is 1.33 bits per heavy atom. The standard InChI is InChI=1S/C14H27N3O/c1-12(11-17-8-6-15-7-9-17)14(18)16-10-13-4-2-3-5-13/h12-13,15H,2-11H2,1H3,(H,16,18). The zero-order chi connectivity index (χ0) is 12.8. The molecule has 0 bridgehead atoms. The highest BCUT2D eigenvalue weighted by molar-refractivity contribution is 5.78. The number of hydrogen-bond acceptors (Lipinski definition) is 3. The van der Waals surface area contributed by atoms with Crippen LogP contribution in [0.5, 0.6) is 0 Å². The second-order valence-electron chi connectivity index (χ2n) is 5.85. The lowest BCUT2D eigenvalue weighted by Crippen LogP contribution is -2.47. The van der Waals surface area contributed by atoms with Gasteiger partial charge in [0, 0.05) is 45.2 Å². The normalized spacial score (nSPS) is 24.1. The summed E-state index contributed by atoms with van der Waals surface area (Å²) >= 11 is 0. The lowest BCUT2D eigenvalue weighted by molar-refractivity contribution is -0.125. The summed E-state index contributed by atoms with van der Waals surface area (Å²) in [6, 6.07) is 0. The average Bonchev–Trinajstić information content (AvgIpc) is 2.90. The molecule has 2 rings (SSSR count). The van der Waals surface area contributed by atoms with Crippen molar-refractivity contribution in [2.45, 2.75) is 32.6 Å². The van der Waals surface area contributed by atoms with Crippen LogP contribution in [0.4, 0.5) is 0 Å². The summed E-state index contributed by atoms with van der Waals surface area (Å²) in [4.78, 5) is 14.4. The Labute approximate surface area is 110 Å². The molecule has 0 radical (unpaired) electrons. The van der Waals surface area contributed by atoms with Crippen molar-refractivity contribution in [2.75, 3.05) is 39.3 Å². The first-order valence-electron chi connectivity index (χ1n) is 7.46. The zero-order valence-electron chi connectivity index (χ0n) is 11.6. The van der Waals surface area contributed by atoms with Gasteiger partial charge in [0.25, 0.3) is 0 Å². The fraction of sp³-hybridized carbons (Fsp3) is 0.929. The summed E-state index contributed by atoms with van der Waals surface area (Å²) in [5.74, 6) is 1.09. The molecule has 2 fully saturated rings. The Hall–Kier alpha value is -0.610. The second kappa shape index (κ2) is 7.10. The summed E-state index contributed by atoms with van der Waals surface area (Å²) in [6.45, 7) is 8.09. The topological polar surface area (TPSA) is 44.4 Å². The van der Waals surface area contributed by atoms with Crippen molar-refractivity contribution in [2.24, 2.45) is 11.8 Å². The van der Waals surface area contributed by atoms with Gasteiger partial charge < -0.3 is 15.5 Å². The van der Waals surface area contributed by atoms with Gasteiger partial charge in [0.15, 0.2) is 0 Å². The van der Waals surface area contributed by atoms with Gasteiger partial charge in [-0.3, -0.25) is 4.79 Å². The van der Waals surface area contributed by atoms with E-state index in [1.54, 1.807) is 0 Å². The molecule has 2 aliphatic rings. The summed E-state index contributed by atoms with van der Waals surface area (Å²) in [7, 11) is 0. The lowest BCUT2D eigenvalue weighted by Gasteiger charge is -2.29. The molecule has 1 aliphatic heterocycles. The van der Waals surface area contributed by atoms with Crippen LogP contribution in [0.1, 0.15) is 32.6 Å². The third-order valence-corrected chi connectivity index (χ3v) is 4.23. The van der Waals surface area contributed by atoms with Gasteiger partial charge in [-0.1, -0.05) is 19.8 Å². The molecule has 104 valence electrons. The monoisotopic (exact) mass is 253 g/mol. The van der Waals surface area contributed by atoms with E-state index in [0.29, 0.717) is 0 Å². The number of nitrogens with zero attached hydrogens (tertiary/aromatic N) is 1. The lowest BCUT2D eigenvalue weighted by atomic mass is 10.1. The Bertz CT molecular complexity index is 258. The molecule has 0 aromatic carbocycles. The van der Waals surface area contributed by atoms with Gasteiger partial charge in [-0.2, -0.15) is 0 Å². The van der Waals surface area contributed by atoms with Crippen molar-refractivity contribution in [1.29, 1.82) is 0 Å². The van der Waals surface area contributed by atoms with Crippen molar-refractivity contribution in [3.8, 4) is 0 Å². The first kappa shape index (κ1) is 13.8. The van der Waals surface area contributed by atoms with Crippen LogP contribution in [0.2, 0.25) is 0 Å². The van der Waals surface area contributed by atoms with Crippen molar-refractivity contribution in [1.82, 2.24) is 15.5 Å². The Balaban J connectivity index is 1.63. The SMILES string of the molecule is CC(CN1CCNCC1)C(=O)NCC1CCCC1. The number of nitrogens with one attached hydrogen (secondary N) is 2. The summed E-state index contributed by atoms with van der Waals surface area (Å²) in [5.41, 5.74) is 0. The van der Waals surface area contributed by atoms with E-state index in [0.717, 1.165) is 45.2 Å². The van der Waals surface area contributed by atoms with Crippen LogP contribution >= 0.6 is 0 Å². The molecule has 1 saturated heterocycles. The minimum Gasteiger partial charge on any atom is -0.356 e. The van der Waals surface area contributed by atoms with Crippen LogP contribution in [0.25, 0.3) is 0 Å². The maximum atomic E-state index is 12.0. The number of amides is 1. The molecular weight excluding hydrogens is 226 g/mol. The summed E-state index contributed by atoms with van der Waals surface area (Å²) in [5, 5.41) is 6.47. The number of rotatable bonds is 5. The van der Waals surface area contributed by atoms with Gasteiger partial charge in [-0.05, 0) is 18.8 Å². The number of piperazine rings is 1. The predicted molar refractivity (Wildman–Crippen MR) is 73.4 cm³/mol. The molecule has 2 N–H and O–H groups in total.